The van der Waals surface area contributed by atoms with Crippen molar-refractivity contribution in [1.82, 2.24) is 20.1 Å². The van der Waals surface area contributed by atoms with Crippen LogP contribution in [0.25, 0.3) is 22.5 Å². The molecule has 8 nitrogen and oxygen atoms in total. The van der Waals surface area contributed by atoms with E-state index in [1.165, 1.54) is 0 Å². The number of ether oxygens (including phenoxy) is 2. The molecule has 4 aromatic rings. The van der Waals surface area contributed by atoms with E-state index in [0.29, 0.717) is 34.2 Å². The van der Waals surface area contributed by atoms with Gasteiger partial charge in [0.25, 0.3) is 5.91 Å². The highest BCUT2D eigenvalue weighted by Gasteiger charge is 2.22. The van der Waals surface area contributed by atoms with Crippen molar-refractivity contribution in [2.45, 2.75) is 39.8 Å². The minimum Gasteiger partial charge on any atom is -0.493 e. The van der Waals surface area contributed by atoms with Gasteiger partial charge in [0.1, 0.15) is 5.69 Å². The molecule has 0 radical (unpaired) electrons. The fraction of sp³-hybridized carbons (Fsp3) is 0.320. The molecule has 1 aromatic carbocycles. The van der Waals surface area contributed by atoms with Gasteiger partial charge < -0.3 is 19.2 Å². The molecule has 0 saturated carbocycles. The first-order valence-corrected chi connectivity index (χ1v) is 10.8. The number of fused-ring (bicyclic) bond motifs is 1. The maximum Gasteiger partial charge on any atom is 0.252 e. The molecule has 33 heavy (non-hydrogen) atoms. The summed E-state index contributed by atoms with van der Waals surface area (Å²) in [7, 11) is 3.41. The largest absolute Gasteiger partial charge is 0.493 e. The number of rotatable bonds is 7. The zero-order valence-electron chi connectivity index (χ0n) is 19.7. The van der Waals surface area contributed by atoms with Crippen LogP contribution in [0.4, 0.5) is 0 Å². The van der Waals surface area contributed by atoms with Crippen molar-refractivity contribution in [3.05, 3.63) is 59.5 Å². The van der Waals surface area contributed by atoms with Crippen molar-refractivity contribution in [2.24, 2.45) is 7.05 Å². The average Bonchev–Trinajstić information content (AvgIpc) is 3.41. The fourth-order valence-corrected chi connectivity index (χ4v) is 3.84. The molecule has 0 aliphatic rings. The van der Waals surface area contributed by atoms with Crippen LogP contribution in [-0.4, -0.2) is 33.9 Å². The molecular formula is C25H28N4O4. The Morgan fingerprint density at radius 2 is 1.94 bits per heavy atom. The molecule has 1 unspecified atom stereocenters. The molecule has 1 N–H and O–H groups in total. The number of carbonyl (C=O) groups is 1. The fourth-order valence-electron chi connectivity index (χ4n) is 3.84. The molecule has 0 aliphatic heterocycles. The molecule has 3 heterocycles. The summed E-state index contributed by atoms with van der Waals surface area (Å²) in [4.78, 5) is 18.1. The Hall–Kier alpha value is -3.81. The Morgan fingerprint density at radius 3 is 2.61 bits per heavy atom. The predicted molar refractivity (Wildman–Crippen MR) is 126 cm³/mol. The number of aromatic nitrogens is 3. The highest BCUT2D eigenvalue weighted by Crippen LogP contribution is 2.32. The van der Waals surface area contributed by atoms with Crippen molar-refractivity contribution in [3.8, 4) is 23.0 Å². The quantitative estimate of drug-likeness (QED) is 0.436. The van der Waals surface area contributed by atoms with Gasteiger partial charge in [-0.05, 0) is 63.6 Å². The molecule has 1 amide bonds. The molecule has 172 valence electrons. The van der Waals surface area contributed by atoms with Gasteiger partial charge in [0, 0.05) is 7.05 Å². The monoisotopic (exact) mass is 448 g/mol. The number of nitrogens with one attached hydrogen (secondary N) is 1. The predicted octanol–water partition coefficient (Wildman–Crippen LogP) is 4.82. The van der Waals surface area contributed by atoms with Gasteiger partial charge in [0.05, 0.1) is 42.2 Å². The second-order valence-electron chi connectivity index (χ2n) is 8.21. The normalized spacial score (nSPS) is 12.2. The summed E-state index contributed by atoms with van der Waals surface area (Å²) >= 11 is 0. The summed E-state index contributed by atoms with van der Waals surface area (Å²) in [5.41, 5.74) is 3.33. The number of amides is 1. The standard InChI is InChI=1S/C25H28N4O4/c1-14(2)33-21-10-9-17(12-22(21)31-6)15(3)26-25(30)18-13-19(20-8-7-11-32-20)27-24-23(18)16(4)28-29(24)5/h7-15H,1-6H3,(H,26,30). The van der Waals surface area contributed by atoms with Gasteiger partial charge >= 0.3 is 0 Å². The van der Waals surface area contributed by atoms with Gasteiger partial charge in [-0.25, -0.2) is 4.98 Å². The van der Waals surface area contributed by atoms with E-state index in [4.69, 9.17) is 13.9 Å². The van der Waals surface area contributed by atoms with Gasteiger partial charge in [-0.1, -0.05) is 6.07 Å². The molecule has 1 atom stereocenters. The first-order valence-electron chi connectivity index (χ1n) is 10.8. The molecule has 0 spiro atoms. The molecule has 0 bridgehead atoms. The molecule has 8 heteroatoms. The summed E-state index contributed by atoms with van der Waals surface area (Å²) in [6.45, 7) is 7.72. The Kier molecular flexibility index (Phi) is 6.09. The smallest absolute Gasteiger partial charge is 0.252 e. The third-order valence-electron chi connectivity index (χ3n) is 5.38. The highest BCUT2D eigenvalue weighted by atomic mass is 16.5. The lowest BCUT2D eigenvalue weighted by Gasteiger charge is -2.18. The maximum atomic E-state index is 13.4. The van der Waals surface area contributed by atoms with Crippen LogP contribution in [0.5, 0.6) is 11.5 Å². The minimum atomic E-state index is -0.272. The van der Waals surface area contributed by atoms with Crippen molar-refractivity contribution >= 4 is 16.9 Å². The van der Waals surface area contributed by atoms with Crippen molar-refractivity contribution in [3.63, 3.8) is 0 Å². The minimum absolute atomic E-state index is 0.0297. The Bertz CT molecular complexity index is 1290. The number of aryl methyl sites for hydroxylation is 2. The summed E-state index contributed by atoms with van der Waals surface area (Å²) in [5.74, 6) is 1.65. The summed E-state index contributed by atoms with van der Waals surface area (Å²) in [5, 5.41) is 8.27. The van der Waals surface area contributed by atoms with Crippen LogP contribution >= 0.6 is 0 Å². The molecular weight excluding hydrogens is 420 g/mol. The van der Waals surface area contributed by atoms with Crippen LogP contribution in [0.1, 0.15) is 48.4 Å². The number of carbonyl (C=O) groups excluding carboxylic acids is 1. The van der Waals surface area contributed by atoms with Gasteiger partial charge in [0.2, 0.25) is 0 Å². The number of furan rings is 1. The summed E-state index contributed by atoms with van der Waals surface area (Å²) < 4.78 is 18.5. The summed E-state index contributed by atoms with van der Waals surface area (Å²) in [6.07, 6.45) is 1.61. The van der Waals surface area contributed by atoms with Crippen LogP contribution in [0.15, 0.2) is 47.1 Å². The lowest BCUT2D eigenvalue weighted by molar-refractivity contribution is 0.0941. The third kappa shape index (κ3) is 4.41. The molecule has 0 saturated heterocycles. The Balaban J connectivity index is 1.68. The van der Waals surface area contributed by atoms with E-state index < -0.39 is 0 Å². The zero-order valence-corrected chi connectivity index (χ0v) is 19.7. The van der Waals surface area contributed by atoms with Crippen molar-refractivity contribution in [2.75, 3.05) is 7.11 Å². The molecule has 4 rings (SSSR count). The van der Waals surface area contributed by atoms with E-state index >= 15 is 0 Å². The lowest BCUT2D eigenvalue weighted by Crippen LogP contribution is -2.27. The van der Waals surface area contributed by atoms with Crippen LogP contribution in [-0.2, 0) is 7.05 Å². The van der Waals surface area contributed by atoms with Crippen LogP contribution in [0, 0.1) is 6.92 Å². The van der Waals surface area contributed by atoms with Gasteiger partial charge in [-0.15, -0.1) is 0 Å². The average molecular weight is 449 g/mol. The second kappa shape index (κ2) is 8.97. The van der Waals surface area contributed by atoms with E-state index in [2.05, 4.69) is 15.4 Å². The SMILES string of the molecule is COc1cc(C(C)NC(=O)c2cc(-c3ccco3)nc3c2c(C)nn3C)ccc1OC(C)C. The number of benzene rings is 1. The first kappa shape index (κ1) is 22.4. The number of hydrogen-bond acceptors (Lipinski definition) is 6. The van der Waals surface area contributed by atoms with Crippen LogP contribution in [0.2, 0.25) is 0 Å². The van der Waals surface area contributed by atoms with E-state index in [1.54, 1.807) is 30.2 Å². The van der Waals surface area contributed by atoms with E-state index in [1.807, 2.05) is 59.0 Å². The van der Waals surface area contributed by atoms with Gasteiger partial charge in [-0.2, -0.15) is 5.10 Å². The number of methoxy groups -OCH3 is 1. The van der Waals surface area contributed by atoms with Crippen LogP contribution < -0.4 is 14.8 Å². The lowest BCUT2D eigenvalue weighted by atomic mass is 10.0. The number of hydrogen-bond donors (Lipinski definition) is 1. The van der Waals surface area contributed by atoms with Gasteiger partial charge in [-0.3, -0.25) is 9.48 Å². The van der Waals surface area contributed by atoms with E-state index in [0.717, 1.165) is 16.6 Å². The molecule has 3 aromatic heterocycles. The molecule has 0 fully saturated rings. The number of nitrogens with zero attached hydrogens (tertiary/aromatic N) is 3. The first-order chi connectivity index (χ1) is 15.8. The highest BCUT2D eigenvalue weighted by molar-refractivity contribution is 6.07. The van der Waals surface area contributed by atoms with Crippen molar-refractivity contribution < 1.29 is 18.7 Å². The van der Waals surface area contributed by atoms with E-state index in [-0.39, 0.29) is 18.1 Å². The molecule has 0 aliphatic carbocycles. The topological polar surface area (TPSA) is 91.4 Å². The Morgan fingerprint density at radius 1 is 1.15 bits per heavy atom. The van der Waals surface area contributed by atoms with Gasteiger partial charge in [0.15, 0.2) is 22.9 Å². The summed E-state index contributed by atoms with van der Waals surface area (Å²) in [6, 6.07) is 10.8. The second-order valence-corrected chi connectivity index (χ2v) is 8.21. The Labute approximate surface area is 192 Å². The van der Waals surface area contributed by atoms with Crippen LogP contribution in [0.3, 0.4) is 0 Å². The number of pyridine rings is 1. The van der Waals surface area contributed by atoms with E-state index in [9.17, 15) is 4.79 Å². The van der Waals surface area contributed by atoms with Crippen molar-refractivity contribution in [1.29, 1.82) is 0 Å². The zero-order chi connectivity index (χ0) is 23.7. The maximum absolute atomic E-state index is 13.4. The third-order valence-corrected chi connectivity index (χ3v) is 5.38.